The highest BCUT2D eigenvalue weighted by Crippen LogP contribution is 2.30. The molecular weight excluding hydrogens is 310 g/mol. The number of guanidine groups is 1. The molecule has 5 heteroatoms. The first-order valence-corrected chi connectivity index (χ1v) is 9.80. The van der Waals surface area contributed by atoms with Crippen LogP contribution in [0.1, 0.15) is 32.3 Å². The van der Waals surface area contributed by atoms with Crippen LogP contribution in [0.3, 0.4) is 0 Å². The molecule has 1 saturated carbocycles. The topological polar surface area (TPSA) is 48.1 Å². The second kappa shape index (κ2) is 8.56. The minimum atomic E-state index is 0.640. The molecule has 0 radical (unpaired) electrons. The molecule has 1 heterocycles. The van der Waals surface area contributed by atoms with Crippen molar-refractivity contribution in [1.82, 2.24) is 9.80 Å². The predicted octanol–water partition coefficient (Wildman–Crippen LogP) is 2.38. The number of piperazine rings is 1. The fourth-order valence-corrected chi connectivity index (χ4v) is 3.49. The van der Waals surface area contributed by atoms with E-state index in [0.717, 1.165) is 32.1 Å². The van der Waals surface area contributed by atoms with Crippen molar-refractivity contribution in [1.29, 1.82) is 0 Å². The Balaban J connectivity index is 1.49. The molecule has 2 N–H and O–H groups in total. The van der Waals surface area contributed by atoms with Crippen LogP contribution >= 0.6 is 0 Å². The summed E-state index contributed by atoms with van der Waals surface area (Å²) in [5.41, 5.74) is 8.59. The minimum Gasteiger partial charge on any atom is -0.370 e. The van der Waals surface area contributed by atoms with Crippen molar-refractivity contribution >= 4 is 11.6 Å². The molecule has 0 aromatic heterocycles. The molecule has 1 aliphatic heterocycles. The molecule has 0 bridgehead atoms. The third-order valence-electron chi connectivity index (χ3n) is 5.40. The van der Waals surface area contributed by atoms with Crippen LogP contribution in [0.5, 0.6) is 0 Å². The zero-order chi connectivity index (χ0) is 17.6. The molecule has 0 spiro atoms. The van der Waals surface area contributed by atoms with Gasteiger partial charge in [0.2, 0.25) is 0 Å². The van der Waals surface area contributed by atoms with Gasteiger partial charge in [0, 0.05) is 51.5 Å². The van der Waals surface area contributed by atoms with Crippen LogP contribution in [0.2, 0.25) is 0 Å². The van der Waals surface area contributed by atoms with Crippen molar-refractivity contribution in [2.24, 2.45) is 16.6 Å². The maximum Gasteiger partial charge on any atom is 0.191 e. The standard InChI is InChI=1S/C20H33N5/c1-3-24(4-2)20(21)22-15-17-7-9-19(10-8-17)25-13-11-23(12-14-25)16-18-5-6-18/h7-10,18H,3-6,11-16H2,1-2H3,(H2,21,22). The summed E-state index contributed by atoms with van der Waals surface area (Å²) in [6, 6.07) is 8.83. The van der Waals surface area contributed by atoms with E-state index < -0.39 is 0 Å². The van der Waals surface area contributed by atoms with Crippen LogP contribution in [-0.2, 0) is 6.54 Å². The van der Waals surface area contributed by atoms with Gasteiger partial charge in [-0.2, -0.15) is 0 Å². The average molecular weight is 344 g/mol. The third-order valence-corrected chi connectivity index (χ3v) is 5.40. The normalized spacial score (nSPS) is 19.3. The van der Waals surface area contributed by atoms with Gasteiger partial charge in [-0.15, -0.1) is 0 Å². The van der Waals surface area contributed by atoms with E-state index in [1.165, 1.54) is 43.7 Å². The number of anilines is 1. The number of rotatable bonds is 7. The van der Waals surface area contributed by atoms with Gasteiger partial charge in [0.05, 0.1) is 6.54 Å². The summed E-state index contributed by atoms with van der Waals surface area (Å²) in [7, 11) is 0. The molecule has 0 unspecified atom stereocenters. The fourth-order valence-electron chi connectivity index (χ4n) is 3.49. The molecule has 5 nitrogen and oxygen atoms in total. The summed E-state index contributed by atoms with van der Waals surface area (Å²) in [5, 5.41) is 0. The van der Waals surface area contributed by atoms with Crippen molar-refractivity contribution < 1.29 is 0 Å². The number of aliphatic imine (C=N–C) groups is 1. The third kappa shape index (κ3) is 5.11. The van der Waals surface area contributed by atoms with E-state index in [-0.39, 0.29) is 0 Å². The lowest BCUT2D eigenvalue weighted by molar-refractivity contribution is 0.248. The maximum atomic E-state index is 6.05. The van der Waals surface area contributed by atoms with Gasteiger partial charge >= 0.3 is 0 Å². The monoisotopic (exact) mass is 343 g/mol. The quantitative estimate of drug-likeness (QED) is 0.610. The summed E-state index contributed by atoms with van der Waals surface area (Å²) >= 11 is 0. The lowest BCUT2D eigenvalue weighted by Gasteiger charge is -2.36. The Hall–Kier alpha value is -1.75. The molecule has 0 atom stereocenters. The van der Waals surface area contributed by atoms with E-state index in [1.54, 1.807) is 0 Å². The van der Waals surface area contributed by atoms with Crippen LogP contribution in [0, 0.1) is 5.92 Å². The van der Waals surface area contributed by atoms with Gasteiger partial charge in [-0.05, 0) is 50.3 Å². The lowest BCUT2D eigenvalue weighted by atomic mass is 10.1. The predicted molar refractivity (Wildman–Crippen MR) is 106 cm³/mol. The van der Waals surface area contributed by atoms with E-state index in [1.807, 2.05) is 0 Å². The number of benzene rings is 1. The maximum absolute atomic E-state index is 6.05. The van der Waals surface area contributed by atoms with Crippen molar-refractivity contribution in [3.05, 3.63) is 29.8 Å². The largest absolute Gasteiger partial charge is 0.370 e. The second-order valence-electron chi connectivity index (χ2n) is 7.24. The Labute approximate surface area is 152 Å². The van der Waals surface area contributed by atoms with Gasteiger partial charge in [0.25, 0.3) is 0 Å². The van der Waals surface area contributed by atoms with Gasteiger partial charge < -0.3 is 15.5 Å². The van der Waals surface area contributed by atoms with Crippen LogP contribution < -0.4 is 10.6 Å². The van der Waals surface area contributed by atoms with E-state index in [0.29, 0.717) is 12.5 Å². The molecule has 2 aliphatic rings. The summed E-state index contributed by atoms with van der Waals surface area (Å²) < 4.78 is 0. The number of nitrogens with zero attached hydrogens (tertiary/aromatic N) is 4. The molecule has 2 fully saturated rings. The van der Waals surface area contributed by atoms with Crippen LogP contribution in [0.4, 0.5) is 5.69 Å². The summed E-state index contributed by atoms with van der Waals surface area (Å²) in [4.78, 5) is 11.7. The van der Waals surface area contributed by atoms with Crippen LogP contribution in [-0.4, -0.2) is 61.6 Å². The molecule has 1 saturated heterocycles. The van der Waals surface area contributed by atoms with E-state index in [4.69, 9.17) is 5.73 Å². The molecule has 0 amide bonds. The first-order chi connectivity index (χ1) is 12.2. The summed E-state index contributed by atoms with van der Waals surface area (Å²) in [6.07, 6.45) is 2.89. The van der Waals surface area contributed by atoms with Gasteiger partial charge in [-0.1, -0.05) is 12.1 Å². The smallest absolute Gasteiger partial charge is 0.191 e. The molecule has 1 aromatic rings. The minimum absolute atomic E-state index is 0.640. The van der Waals surface area contributed by atoms with E-state index >= 15 is 0 Å². The summed E-state index contributed by atoms with van der Waals surface area (Å²) in [5.74, 6) is 1.64. The van der Waals surface area contributed by atoms with Gasteiger partial charge in [0.1, 0.15) is 0 Å². The Morgan fingerprint density at radius 2 is 1.72 bits per heavy atom. The highest BCUT2D eigenvalue weighted by atomic mass is 15.3. The highest BCUT2D eigenvalue weighted by Gasteiger charge is 2.26. The molecule has 1 aliphatic carbocycles. The zero-order valence-electron chi connectivity index (χ0n) is 15.8. The van der Waals surface area contributed by atoms with Crippen molar-refractivity contribution in [3.8, 4) is 0 Å². The molecular formula is C20H33N5. The van der Waals surface area contributed by atoms with E-state index in [9.17, 15) is 0 Å². The van der Waals surface area contributed by atoms with Gasteiger partial charge in [-0.3, -0.25) is 4.90 Å². The van der Waals surface area contributed by atoms with Gasteiger partial charge in [-0.25, -0.2) is 4.99 Å². The lowest BCUT2D eigenvalue weighted by Crippen LogP contribution is -2.47. The molecule has 1 aromatic carbocycles. The number of hydrogen-bond acceptors (Lipinski definition) is 3. The average Bonchev–Trinajstić information content (AvgIpc) is 3.46. The van der Waals surface area contributed by atoms with Crippen molar-refractivity contribution in [2.45, 2.75) is 33.2 Å². The number of nitrogens with two attached hydrogens (primary N) is 1. The van der Waals surface area contributed by atoms with E-state index in [2.05, 4.69) is 57.8 Å². The number of hydrogen-bond donors (Lipinski definition) is 1. The molecule has 3 rings (SSSR count). The Kier molecular flexibility index (Phi) is 6.19. The fraction of sp³-hybridized carbons (Fsp3) is 0.650. The molecule has 138 valence electrons. The highest BCUT2D eigenvalue weighted by molar-refractivity contribution is 5.78. The first-order valence-electron chi connectivity index (χ1n) is 9.80. The van der Waals surface area contributed by atoms with Crippen LogP contribution in [0.25, 0.3) is 0 Å². The Bertz CT molecular complexity index is 552. The van der Waals surface area contributed by atoms with Crippen LogP contribution in [0.15, 0.2) is 29.3 Å². The first kappa shape index (κ1) is 18.1. The van der Waals surface area contributed by atoms with Crippen molar-refractivity contribution in [2.75, 3.05) is 50.7 Å². The van der Waals surface area contributed by atoms with Crippen molar-refractivity contribution in [3.63, 3.8) is 0 Å². The Morgan fingerprint density at radius 1 is 1.08 bits per heavy atom. The second-order valence-corrected chi connectivity index (χ2v) is 7.24. The Morgan fingerprint density at radius 3 is 2.28 bits per heavy atom. The summed E-state index contributed by atoms with van der Waals surface area (Å²) in [6.45, 7) is 12.6. The zero-order valence-corrected chi connectivity index (χ0v) is 15.8. The van der Waals surface area contributed by atoms with Gasteiger partial charge in [0.15, 0.2) is 5.96 Å². The SMILES string of the molecule is CCN(CC)C(N)=NCc1ccc(N2CCN(CC3CC3)CC2)cc1. The molecule has 25 heavy (non-hydrogen) atoms.